The molecule has 1 aliphatic carbocycles. The average Bonchev–Trinajstić information content (AvgIpc) is 2.68. The van der Waals surface area contributed by atoms with Gasteiger partial charge in [-0.25, -0.2) is 0 Å². The third-order valence-electron chi connectivity index (χ3n) is 5.37. The van der Waals surface area contributed by atoms with Crippen LogP contribution in [0.25, 0.3) is 21.9 Å². The standard InChI is InChI=1S/C25H28OSi/c1-27(2,26-22-14-4-3-5-15-22)19-21-12-7-9-17-24(21)25-18-10-13-20-11-6-8-16-23(20)25/h6-14,16-18H,3-5,15,19H2,1-2H3. The minimum absolute atomic E-state index is 1.03. The second-order valence-electron chi connectivity index (χ2n) is 8.14. The van der Waals surface area contributed by atoms with E-state index in [1.54, 1.807) is 0 Å². The van der Waals surface area contributed by atoms with Crippen LogP contribution in [0.3, 0.4) is 0 Å². The Labute approximate surface area is 163 Å². The number of hydrogen-bond donors (Lipinski definition) is 0. The smallest absolute Gasteiger partial charge is 0.249 e. The maximum atomic E-state index is 6.56. The van der Waals surface area contributed by atoms with Gasteiger partial charge in [0.15, 0.2) is 0 Å². The Hall–Kier alpha value is -2.32. The minimum atomic E-state index is -1.83. The molecule has 0 aliphatic heterocycles. The van der Waals surface area contributed by atoms with Crippen molar-refractivity contribution < 1.29 is 4.43 Å². The summed E-state index contributed by atoms with van der Waals surface area (Å²) < 4.78 is 6.56. The van der Waals surface area contributed by atoms with E-state index in [1.165, 1.54) is 52.5 Å². The van der Waals surface area contributed by atoms with E-state index in [0.717, 1.165) is 12.5 Å². The topological polar surface area (TPSA) is 9.23 Å². The number of benzene rings is 3. The van der Waals surface area contributed by atoms with Gasteiger partial charge in [-0.2, -0.15) is 0 Å². The van der Waals surface area contributed by atoms with Gasteiger partial charge in [-0.05, 0) is 65.9 Å². The molecular weight excluding hydrogens is 344 g/mol. The van der Waals surface area contributed by atoms with Crippen molar-refractivity contribution in [1.29, 1.82) is 0 Å². The molecule has 0 amide bonds. The quantitative estimate of drug-likeness (QED) is 0.428. The summed E-state index contributed by atoms with van der Waals surface area (Å²) in [5, 5.41) is 2.62. The minimum Gasteiger partial charge on any atom is -0.547 e. The molecule has 0 radical (unpaired) electrons. The van der Waals surface area contributed by atoms with E-state index >= 15 is 0 Å². The lowest BCUT2D eigenvalue weighted by Gasteiger charge is -2.28. The third kappa shape index (κ3) is 4.17. The van der Waals surface area contributed by atoms with Gasteiger partial charge in [-0.15, -0.1) is 0 Å². The second kappa shape index (κ2) is 7.73. The molecule has 0 aromatic heterocycles. The Morgan fingerprint density at radius 3 is 2.41 bits per heavy atom. The van der Waals surface area contributed by atoms with Gasteiger partial charge in [-0.1, -0.05) is 66.7 Å². The van der Waals surface area contributed by atoms with Crippen molar-refractivity contribution in [3.63, 3.8) is 0 Å². The van der Waals surface area contributed by atoms with E-state index in [9.17, 15) is 0 Å². The van der Waals surface area contributed by atoms with Gasteiger partial charge in [0.05, 0.1) is 5.76 Å². The van der Waals surface area contributed by atoms with Gasteiger partial charge in [0, 0.05) is 12.5 Å². The molecule has 4 rings (SSSR count). The van der Waals surface area contributed by atoms with E-state index in [-0.39, 0.29) is 0 Å². The normalized spacial score (nSPS) is 14.8. The largest absolute Gasteiger partial charge is 0.547 e. The maximum absolute atomic E-state index is 6.56. The fraction of sp³-hybridized carbons (Fsp3) is 0.280. The molecule has 2 heteroatoms. The number of hydrogen-bond acceptors (Lipinski definition) is 1. The van der Waals surface area contributed by atoms with Gasteiger partial charge in [0.25, 0.3) is 0 Å². The van der Waals surface area contributed by atoms with E-state index in [2.05, 4.69) is 85.9 Å². The molecule has 0 unspecified atom stereocenters. The summed E-state index contributed by atoms with van der Waals surface area (Å²) in [6.07, 6.45) is 7.17. The predicted octanol–water partition coefficient (Wildman–Crippen LogP) is 7.27. The molecule has 0 saturated carbocycles. The lowest BCUT2D eigenvalue weighted by molar-refractivity contribution is 0.374. The highest BCUT2D eigenvalue weighted by molar-refractivity contribution is 6.71. The summed E-state index contributed by atoms with van der Waals surface area (Å²) >= 11 is 0. The van der Waals surface area contributed by atoms with Crippen molar-refractivity contribution in [3.05, 3.63) is 84.1 Å². The zero-order chi connectivity index (χ0) is 18.7. The van der Waals surface area contributed by atoms with Crippen LogP contribution in [0.1, 0.15) is 31.2 Å². The maximum Gasteiger partial charge on any atom is 0.249 e. The molecule has 1 nitrogen and oxygen atoms in total. The van der Waals surface area contributed by atoms with Gasteiger partial charge in [0.1, 0.15) is 0 Å². The molecule has 3 aromatic carbocycles. The SMILES string of the molecule is C[Si](C)(Cc1ccccc1-c1cccc2ccccc12)OC1=CCCCC1. The number of allylic oxidation sites excluding steroid dienone is 2. The van der Waals surface area contributed by atoms with E-state index < -0.39 is 8.32 Å². The summed E-state index contributed by atoms with van der Waals surface area (Å²) in [5.41, 5.74) is 4.07. The first kappa shape index (κ1) is 18.1. The van der Waals surface area contributed by atoms with Crippen LogP contribution < -0.4 is 0 Å². The summed E-state index contributed by atoms with van der Waals surface area (Å²) in [6.45, 7) is 4.70. The van der Waals surface area contributed by atoms with Crippen molar-refractivity contribution in [2.75, 3.05) is 0 Å². The zero-order valence-electron chi connectivity index (χ0n) is 16.4. The van der Waals surface area contributed by atoms with Crippen molar-refractivity contribution in [2.45, 2.75) is 44.8 Å². The fourth-order valence-electron chi connectivity index (χ4n) is 4.15. The second-order valence-corrected chi connectivity index (χ2v) is 12.2. The lowest BCUT2D eigenvalue weighted by atomic mass is 9.95. The molecule has 0 saturated heterocycles. The first-order valence-electron chi connectivity index (χ1n) is 10.1. The highest BCUT2D eigenvalue weighted by atomic mass is 28.4. The van der Waals surface area contributed by atoms with E-state index in [0.29, 0.717) is 0 Å². The molecule has 0 spiro atoms. The lowest BCUT2D eigenvalue weighted by Crippen LogP contribution is -2.34. The predicted molar refractivity (Wildman–Crippen MR) is 118 cm³/mol. The third-order valence-corrected chi connectivity index (χ3v) is 7.42. The highest BCUT2D eigenvalue weighted by Crippen LogP contribution is 2.33. The molecule has 138 valence electrons. The number of rotatable bonds is 5. The molecule has 27 heavy (non-hydrogen) atoms. The first-order valence-corrected chi connectivity index (χ1v) is 13.2. The highest BCUT2D eigenvalue weighted by Gasteiger charge is 2.27. The first-order chi connectivity index (χ1) is 13.1. The summed E-state index contributed by atoms with van der Waals surface area (Å²) in [7, 11) is -1.83. The fourth-order valence-corrected chi connectivity index (χ4v) is 6.34. The monoisotopic (exact) mass is 372 g/mol. The van der Waals surface area contributed by atoms with Gasteiger partial charge in [0.2, 0.25) is 8.32 Å². The van der Waals surface area contributed by atoms with Crippen LogP contribution in [-0.4, -0.2) is 8.32 Å². The van der Waals surface area contributed by atoms with Gasteiger partial charge in [-0.3, -0.25) is 0 Å². The molecule has 0 atom stereocenters. The Kier molecular flexibility index (Phi) is 5.17. The molecule has 0 heterocycles. The summed E-state index contributed by atoms with van der Waals surface area (Å²) in [6, 6.07) is 25.2. The number of fused-ring (bicyclic) bond motifs is 1. The molecule has 0 bridgehead atoms. The van der Waals surface area contributed by atoms with Crippen LogP contribution in [0.4, 0.5) is 0 Å². The molecule has 1 aliphatic rings. The Balaban J connectivity index is 1.68. The Morgan fingerprint density at radius 1 is 0.815 bits per heavy atom. The van der Waals surface area contributed by atoms with Crippen molar-refractivity contribution in [1.82, 2.24) is 0 Å². The van der Waals surface area contributed by atoms with Crippen molar-refractivity contribution in [3.8, 4) is 11.1 Å². The Bertz CT molecular complexity index is 965. The van der Waals surface area contributed by atoms with Gasteiger partial charge < -0.3 is 4.43 Å². The van der Waals surface area contributed by atoms with Crippen LogP contribution in [-0.2, 0) is 10.5 Å². The molecule has 0 fully saturated rings. The van der Waals surface area contributed by atoms with Gasteiger partial charge >= 0.3 is 0 Å². The average molecular weight is 373 g/mol. The molecular formula is C25H28OSi. The van der Waals surface area contributed by atoms with Crippen molar-refractivity contribution >= 4 is 19.1 Å². The van der Waals surface area contributed by atoms with Crippen LogP contribution in [0.15, 0.2) is 78.6 Å². The Morgan fingerprint density at radius 2 is 1.56 bits per heavy atom. The molecule has 0 N–H and O–H groups in total. The van der Waals surface area contributed by atoms with Crippen LogP contribution in [0.5, 0.6) is 0 Å². The van der Waals surface area contributed by atoms with Crippen LogP contribution >= 0.6 is 0 Å². The van der Waals surface area contributed by atoms with E-state index in [1.807, 2.05) is 0 Å². The molecule has 3 aromatic rings. The van der Waals surface area contributed by atoms with E-state index in [4.69, 9.17) is 4.43 Å². The van der Waals surface area contributed by atoms with Crippen LogP contribution in [0.2, 0.25) is 13.1 Å². The van der Waals surface area contributed by atoms with Crippen LogP contribution in [0, 0.1) is 0 Å². The summed E-state index contributed by atoms with van der Waals surface area (Å²) in [5.74, 6) is 1.24. The van der Waals surface area contributed by atoms with Crippen molar-refractivity contribution in [2.24, 2.45) is 0 Å². The zero-order valence-corrected chi connectivity index (χ0v) is 17.4. The summed E-state index contributed by atoms with van der Waals surface area (Å²) in [4.78, 5) is 0.